The molecule has 3 heteroatoms. The third-order valence-corrected chi connectivity index (χ3v) is 4.11. The van der Waals surface area contributed by atoms with E-state index < -0.39 is 0 Å². The van der Waals surface area contributed by atoms with Crippen molar-refractivity contribution in [3.05, 3.63) is 36.5 Å². The molecule has 0 bridgehead atoms. The van der Waals surface area contributed by atoms with Gasteiger partial charge in [0.25, 0.3) is 0 Å². The molecular formula is C17H23N3. The van der Waals surface area contributed by atoms with Gasteiger partial charge in [-0.3, -0.25) is 4.98 Å². The van der Waals surface area contributed by atoms with E-state index in [4.69, 9.17) is 0 Å². The number of anilines is 1. The van der Waals surface area contributed by atoms with Crippen LogP contribution in [0.15, 0.2) is 36.5 Å². The van der Waals surface area contributed by atoms with Gasteiger partial charge in [-0.25, -0.2) is 0 Å². The van der Waals surface area contributed by atoms with E-state index in [2.05, 4.69) is 46.4 Å². The molecule has 0 spiro atoms. The first kappa shape index (κ1) is 13.4. The summed E-state index contributed by atoms with van der Waals surface area (Å²) in [7, 11) is 0. The Hall–Kier alpha value is -1.61. The maximum atomic E-state index is 4.45. The van der Waals surface area contributed by atoms with Gasteiger partial charge < -0.3 is 10.2 Å². The van der Waals surface area contributed by atoms with Gasteiger partial charge in [0, 0.05) is 30.4 Å². The van der Waals surface area contributed by atoms with Crippen molar-refractivity contribution in [2.75, 3.05) is 31.1 Å². The van der Waals surface area contributed by atoms with Gasteiger partial charge in [0.15, 0.2) is 0 Å². The minimum Gasteiger partial charge on any atom is -0.371 e. The van der Waals surface area contributed by atoms with Gasteiger partial charge in [0.2, 0.25) is 0 Å². The molecule has 1 fully saturated rings. The predicted molar refractivity (Wildman–Crippen MR) is 85.2 cm³/mol. The molecular weight excluding hydrogens is 246 g/mol. The second kappa shape index (κ2) is 6.23. The smallest absolute Gasteiger partial charge is 0.0722 e. The largest absolute Gasteiger partial charge is 0.371 e. The Balaban J connectivity index is 1.73. The highest BCUT2D eigenvalue weighted by molar-refractivity contribution is 5.91. The van der Waals surface area contributed by atoms with Crippen LogP contribution in [-0.4, -0.2) is 31.2 Å². The van der Waals surface area contributed by atoms with E-state index in [1.807, 2.05) is 12.3 Å². The molecule has 0 radical (unpaired) electrons. The van der Waals surface area contributed by atoms with Crippen LogP contribution >= 0.6 is 0 Å². The number of nitrogens with zero attached hydrogens (tertiary/aromatic N) is 2. The summed E-state index contributed by atoms with van der Waals surface area (Å²) in [4.78, 5) is 6.97. The third-order valence-electron chi connectivity index (χ3n) is 4.11. The number of hydrogen-bond donors (Lipinski definition) is 1. The molecule has 3 rings (SSSR count). The molecule has 1 aromatic heterocycles. The first-order chi connectivity index (χ1) is 9.88. The average Bonchev–Trinajstić information content (AvgIpc) is 2.96. The summed E-state index contributed by atoms with van der Waals surface area (Å²) >= 11 is 0. The van der Waals surface area contributed by atoms with Gasteiger partial charge in [0.05, 0.1) is 5.52 Å². The number of rotatable bonds is 5. The standard InChI is InChI=1S/C17H23N3/c1-2-9-18-12-14-8-11-20(13-14)17-7-3-6-16-15(17)5-4-10-19-16/h3-7,10,14,18H,2,8-9,11-13H2,1H3. The fraction of sp³-hybridized carbons (Fsp3) is 0.471. The second-order valence-corrected chi connectivity index (χ2v) is 5.65. The van der Waals surface area contributed by atoms with Crippen LogP contribution in [0.2, 0.25) is 0 Å². The monoisotopic (exact) mass is 269 g/mol. The maximum absolute atomic E-state index is 4.45. The lowest BCUT2D eigenvalue weighted by molar-refractivity contribution is 0.516. The lowest BCUT2D eigenvalue weighted by atomic mass is 10.1. The predicted octanol–water partition coefficient (Wildman–Crippen LogP) is 3.06. The van der Waals surface area contributed by atoms with Gasteiger partial charge in [-0.2, -0.15) is 0 Å². The summed E-state index contributed by atoms with van der Waals surface area (Å²) < 4.78 is 0. The van der Waals surface area contributed by atoms with E-state index in [-0.39, 0.29) is 0 Å². The summed E-state index contributed by atoms with van der Waals surface area (Å²) in [5, 5.41) is 4.82. The summed E-state index contributed by atoms with van der Waals surface area (Å²) in [5.41, 5.74) is 2.44. The van der Waals surface area contributed by atoms with E-state index in [0.29, 0.717) is 0 Å². The molecule has 0 saturated carbocycles. The number of fused-ring (bicyclic) bond motifs is 1. The van der Waals surface area contributed by atoms with Crippen molar-refractivity contribution in [2.24, 2.45) is 5.92 Å². The first-order valence-corrected chi connectivity index (χ1v) is 7.68. The van der Waals surface area contributed by atoms with Gasteiger partial charge in [-0.05, 0) is 56.1 Å². The molecule has 1 saturated heterocycles. The van der Waals surface area contributed by atoms with Crippen LogP contribution in [0.5, 0.6) is 0 Å². The molecule has 0 amide bonds. The van der Waals surface area contributed by atoms with Gasteiger partial charge in [0.1, 0.15) is 0 Å². The maximum Gasteiger partial charge on any atom is 0.0722 e. The SMILES string of the molecule is CCCNCC1CCN(c2cccc3ncccc23)C1. The van der Waals surface area contributed by atoms with Crippen LogP contribution in [0.3, 0.4) is 0 Å². The van der Waals surface area contributed by atoms with Crippen LogP contribution in [0.25, 0.3) is 10.9 Å². The van der Waals surface area contributed by atoms with E-state index in [9.17, 15) is 0 Å². The molecule has 1 atom stereocenters. The minimum atomic E-state index is 0.772. The Bertz CT molecular complexity index is 562. The Morgan fingerprint density at radius 3 is 3.15 bits per heavy atom. The van der Waals surface area contributed by atoms with E-state index >= 15 is 0 Å². The number of pyridine rings is 1. The summed E-state index contributed by atoms with van der Waals surface area (Å²) in [6.07, 6.45) is 4.37. The van der Waals surface area contributed by atoms with Gasteiger partial charge in [-0.1, -0.05) is 13.0 Å². The molecule has 1 unspecified atom stereocenters. The lowest BCUT2D eigenvalue weighted by Crippen LogP contribution is -2.26. The Morgan fingerprint density at radius 1 is 1.30 bits per heavy atom. The van der Waals surface area contributed by atoms with Gasteiger partial charge >= 0.3 is 0 Å². The fourth-order valence-electron chi connectivity index (χ4n) is 3.06. The highest BCUT2D eigenvalue weighted by Crippen LogP contribution is 2.29. The average molecular weight is 269 g/mol. The zero-order valence-electron chi connectivity index (χ0n) is 12.2. The van der Waals surface area contributed by atoms with Crippen LogP contribution in [0.1, 0.15) is 19.8 Å². The van der Waals surface area contributed by atoms with Crippen molar-refractivity contribution in [1.82, 2.24) is 10.3 Å². The molecule has 1 aliphatic heterocycles. The first-order valence-electron chi connectivity index (χ1n) is 7.68. The molecule has 2 heterocycles. The molecule has 3 nitrogen and oxygen atoms in total. The molecule has 0 aliphatic carbocycles. The summed E-state index contributed by atoms with van der Waals surface area (Å²) in [6, 6.07) is 10.6. The Kier molecular flexibility index (Phi) is 4.16. The zero-order valence-corrected chi connectivity index (χ0v) is 12.2. The topological polar surface area (TPSA) is 28.2 Å². The van der Waals surface area contributed by atoms with Crippen molar-refractivity contribution in [3.63, 3.8) is 0 Å². The third kappa shape index (κ3) is 2.78. The molecule has 1 N–H and O–H groups in total. The second-order valence-electron chi connectivity index (χ2n) is 5.65. The zero-order chi connectivity index (χ0) is 13.8. The quantitative estimate of drug-likeness (QED) is 0.846. The van der Waals surface area contributed by atoms with Crippen molar-refractivity contribution < 1.29 is 0 Å². The molecule has 20 heavy (non-hydrogen) atoms. The van der Waals surface area contributed by atoms with Crippen molar-refractivity contribution in [1.29, 1.82) is 0 Å². The highest BCUT2D eigenvalue weighted by Gasteiger charge is 2.23. The normalized spacial score (nSPS) is 18.9. The minimum absolute atomic E-state index is 0.772. The number of aromatic nitrogens is 1. The molecule has 1 aromatic carbocycles. The summed E-state index contributed by atoms with van der Waals surface area (Å²) in [6.45, 7) is 6.82. The van der Waals surface area contributed by atoms with Crippen LogP contribution < -0.4 is 10.2 Å². The number of hydrogen-bond acceptors (Lipinski definition) is 3. The van der Waals surface area contributed by atoms with Crippen LogP contribution in [0, 0.1) is 5.92 Å². The molecule has 2 aromatic rings. The van der Waals surface area contributed by atoms with Crippen molar-refractivity contribution >= 4 is 16.6 Å². The van der Waals surface area contributed by atoms with E-state index in [0.717, 1.165) is 37.6 Å². The summed E-state index contributed by atoms with van der Waals surface area (Å²) in [5.74, 6) is 0.772. The number of benzene rings is 1. The molecule has 106 valence electrons. The van der Waals surface area contributed by atoms with Crippen molar-refractivity contribution in [3.8, 4) is 0 Å². The Labute approximate surface area is 121 Å². The van der Waals surface area contributed by atoms with Crippen LogP contribution in [-0.2, 0) is 0 Å². The number of nitrogens with one attached hydrogen (secondary N) is 1. The van der Waals surface area contributed by atoms with E-state index in [1.165, 1.54) is 23.9 Å². The van der Waals surface area contributed by atoms with Crippen molar-refractivity contribution in [2.45, 2.75) is 19.8 Å². The Morgan fingerprint density at radius 2 is 2.25 bits per heavy atom. The molecule has 1 aliphatic rings. The van der Waals surface area contributed by atoms with Gasteiger partial charge in [-0.15, -0.1) is 0 Å². The van der Waals surface area contributed by atoms with Crippen LogP contribution in [0.4, 0.5) is 5.69 Å². The lowest BCUT2D eigenvalue weighted by Gasteiger charge is -2.20. The highest BCUT2D eigenvalue weighted by atomic mass is 15.2. The van der Waals surface area contributed by atoms with E-state index in [1.54, 1.807) is 0 Å². The fourth-order valence-corrected chi connectivity index (χ4v) is 3.06.